The van der Waals surface area contributed by atoms with Gasteiger partial charge in [-0.1, -0.05) is 27.7 Å². The molecule has 2 rings (SSSR count). The van der Waals surface area contributed by atoms with Crippen LogP contribution in [0, 0.1) is 23.7 Å². The lowest BCUT2D eigenvalue weighted by Gasteiger charge is -2.48. The average molecular weight is 459 g/mol. The molecular weight excluding hydrogens is 420 g/mol. The monoisotopic (exact) mass is 458 g/mol. The largest absolute Gasteiger partial charge is 0.463 e. The Balaban J connectivity index is 2.22. The summed E-state index contributed by atoms with van der Waals surface area (Å²) >= 11 is 0. The molecule has 2 saturated heterocycles. The molecule has 0 aromatic heterocycles. The third kappa shape index (κ3) is 6.65. The molecule has 9 heteroatoms. The zero-order chi connectivity index (χ0) is 24.2. The van der Waals surface area contributed by atoms with Gasteiger partial charge >= 0.3 is 17.9 Å². The number of esters is 3. The van der Waals surface area contributed by atoms with Crippen molar-refractivity contribution in [2.45, 2.75) is 92.2 Å². The van der Waals surface area contributed by atoms with Crippen LogP contribution < -0.4 is 0 Å². The minimum absolute atomic E-state index is 0.0193. The number of rotatable bonds is 7. The maximum absolute atomic E-state index is 11.6. The molecule has 184 valence electrons. The van der Waals surface area contributed by atoms with Crippen molar-refractivity contribution in [1.82, 2.24) is 0 Å². The average Bonchev–Trinajstić information content (AvgIpc) is 2.70. The van der Waals surface area contributed by atoms with Crippen LogP contribution in [0.2, 0.25) is 0 Å². The van der Waals surface area contributed by atoms with E-state index in [1.54, 1.807) is 0 Å². The Morgan fingerprint density at radius 1 is 0.656 bits per heavy atom. The summed E-state index contributed by atoms with van der Waals surface area (Å²) in [6, 6.07) is 0. The van der Waals surface area contributed by atoms with Gasteiger partial charge in [-0.2, -0.15) is 0 Å². The molecule has 2 heterocycles. The smallest absolute Gasteiger partial charge is 0.303 e. The van der Waals surface area contributed by atoms with E-state index in [0.717, 1.165) is 0 Å². The van der Waals surface area contributed by atoms with Gasteiger partial charge in [0.1, 0.15) is 25.4 Å². The van der Waals surface area contributed by atoms with Gasteiger partial charge in [0.05, 0.1) is 18.3 Å². The summed E-state index contributed by atoms with van der Waals surface area (Å²) < 4.78 is 34.7. The maximum atomic E-state index is 11.6. The summed E-state index contributed by atoms with van der Waals surface area (Å²) in [6.45, 7) is 14.2. The molecule has 0 bridgehead atoms. The fourth-order valence-corrected chi connectivity index (χ4v) is 4.51. The zero-order valence-corrected chi connectivity index (χ0v) is 20.4. The van der Waals surface area contributed by atoms with E-state index < -0.39 is 42.6 Å². The standard InChI is InChI=1S/C23H38O9/c1-11-12(2)19(9-27-16(6)24)31-23(13(11)3)32-22-14(4)21(30-18(8)26)15(5)29-20(22)10-28-17(7)25/h11-15,19-23H,9-10H2,1-8H3/t11?,12-,13+,14?,15?,19?,20?,21+,22+,23+/m1/s1. The highest BCUT2D eigenvalue weighted by atomic mass is 16.7. The van der Waals surface area contributed by atoms with Crippen molar-refractivity contribution < 1.29 is 42.8 Å². The first-order chi connectivity index (χ1) is 14.9. The summed E-state index contributed by atoms with van der Waals surface area (Å²) in [6.07, 6.45) is -2.91. The minimum atomic E-state index is -0.593. The Labute approximate surface area is 190 Å². The molecule has 5 unspecified atom stereocenters. The van der Waals surface area contributed by atoms with Crippen molar-refractivity contribution >= 4 is 17.9 Å². The van der Waals surface area contributed by atoms with Crippen molar-refractivity contribution in [1.29, 1.82) is 0 Å². The topological polar surface area (TPSA) is 107 Å². The molecule has 0 N–H and O–H groups in total. The summed E-state index contributed by atoms with van der Waals surface area (Å²) in [5.41, 5.74) is 0. The first-order valence-corrected chi connectivity index (χ1v) is 11.3. The highest BCUT2D eigenvalue weighted by Gasteiger charge is 2.48. The number of carbonyl (C=O) groups excluding carboxylic acids is 3. The number of carbonyl (C=O) groups is 3. The highest BCUT2D eigenvalue weighted by Crippen LogP contribution is 2.39. The van der Waals surface area contributed by atoms with Crippen molar-refractivity contribution in [2.75, 3.05) is 13.2 Å². The first-order valence-electron chi connectivity index (χ1n) is 11.3. The second-order valence-electron chi connectivity index (χ2n) is 9.14. The minimum Gasteiger partial charge on any atom is -0.463 e. The van der Waals surface area contributed by atoms with E-state index in [2.05, 4.69) is 20.8 Å². The van der Waals surface area contributed by atoms with Gasteiger partial charge in [-0.3, -0.25) is 14.4 Å². The Bertz CT molecular complexity index is 664. The van der Waals surface area contributed by atoms with Crippen molar-refractivity contribution in [3.05, 3.63) is 0 Å². The van der Waals surface area contributed by atoms with Crippen molar-refractivity contribution in [2.24, 2.45) is 23.7 Å². The number of hydrogen-bond acceptors (Lipinski definition) is 9. The molecule has 10 atom stereocenters. The van der Waals surface area contributed by atoms with Gasteiger partial charge in [-0.15, -0.1) is 0 Å². The van der Waals surface area contributed by atoms with E-state index in [-0.39, 0.29) is 49.0 Å². The van der Waals surface area contributed by atoms with Crippen LogP contribution in [0.1, 0.15) is 55.4 Å². The van der Waals surface area contributed by atoms with Crippen LogP contribution in [0.4, 0.5) is 0 Å². The Morgan fingerprint density at radius 2 is 1.22 bits per heavy atom. The molecule has 0 aliphatic carbocycles. The molecule has 0 radical (unpaired) electrons. The summed E-state index contributed by atoms with van der Waals surface area (Å²) in [5.74, 6) is -0.966. The Hall–Kier alpha value is -1.71. The first kappa shape index (κ1) is 26.5. The van der Waals surface area contributed by atoms with Crippen molar-refractivity contribution in [3.63, 3.8) is 0 Å². The SMILES string of the molecule is CC(=O)OCC1O[C@@H](O[C@@H]2C(COC(C)=O)OC(C)[C@@H](OC(C)=O)C2C)[C@@H](C)C(C)[C@H]1C. The maximum Gasteiger partial charge on any atom is 0.303 e. The Kier molecular flexibility index (Phi) is 9.48. The van der Waals surface area contributed by atoms with E-state index in [9.17, 15) is 14.4 Å². The fraction of sp³-hybridized carbons (Fsp3) is 0.870. The summed E-state index contributed by atoms with van der Waals surface area (Å²) in [7, 11) is 0. The van der Waals surface area contributed by atoms with E-state index in [0.29, 0.717) is 0 Å². The third-order valence-electron chi connectivity index (χ3n) is 6.73. The quantitative estimate of drug-likeness (QED) is 0.420. The van der Waals surface area contributed by atoms with E-state index in [4.69, 9.17) is 28.4 Å². The molecule has 0 saturated carbocycles. The molecule has 2 aliphatic rings. The Morgan fingerprint density at radius 3 is 1.75 bits per heavy atom. The zero-order valence-electron chi connectivity index (χ0n) is 20.4. The number of ether oxygens (including phenoxy) is 6. The second-order valence-corrected chi connectivity index (χ2v) is 9.14. The van der Waals surface area contributed by atoms with Crippen LogP contribution in [0.15, 0.2) is 0 Å². The summed E-state index contributed by atoms with van der Waals surface area (Å²) in [4.78, 5) is 34.3. The van der Waals surface area contributed by atoms with Crippen LogP contribution in [0.3, 0.4) is 0 Å². The predicted molar refractivity (Wildman–Crippen MR) is 113 cm³/mol. The van der Waals surface area contributed by atoms with Crippen LogP contribution in [-0.2, 0) is 42.8 Å². The van der Waals surface area contributed by atoms with E-state index in [1.807, 2.05) is 13.8 Å². The molecular formula is C23H38O9. The molecule has 0 aromatic rings. The fourth-order valence-electron chi connectivity index (χ4n) is 4.51. The van der Waals surface area contributed by atoms with Gasteiger partial charge in [-0.05, 0) is 18.8 Å². The molecule has 2 aliphatic heterocycles. The van der Waals surface area contributed by atoms with Crippen molar-refractivity contribution in [3.8, 4) is 0 Å². The number of hydrogen-bond donors (Lipinski definition) is 0. The second kappa shape index (κ2) is 11.4. The van der Waals surface area contributed by atoms with Gasteiger partial charge in [0, 0.05) is 32.6 Å². The van der Waals surface area contributed by atoms with Crippen LogP contribution in [0.25, 0.3) is 0 Å². The van der Waals surface area contributed by atoms with Gasteiger partial charge < -0.3 is 28.4 Å². The van der Waals surface area contributed by atoms with Gasteiger partial charge in [0.15, 0.2) is 6.29 Å². The van der Waals surface area contributed by atoms with Crippen LogP contribution >= 0.6 is 0 Å². The summed E-state index contributed by atoms with van der Waals surface area (Å²) in [5, 5.41) is 0. The molecule has 32 heavy (non-hydrogen) atoms. The molecule has 0 aromatic carbocycles. The van der Waals surface area contributed by atoms with Gasteiger partial charge in [0.2, 0.25) is 0 Å². The predicted octanol–water partition coefficient (Wildman–Crippen LogP) is 2.49. The normalized spacial score (nSPS) is 39.8. The molecule has 0 amide bonds. The lowest BCUT2D eigenvalue weighted by molar-refractivity contribution is -0.310. The lowest BCUT2D eigenvalue weighted by atomic mass is 9.79. The third-order valence-corrected chi connectivity index (χ3v) is 6.73. The molecule has 9 nitrogen and oxygen atoms in total. The van der Waals surface area contributed by atoms with E-state index in [1.165, 1.54) is 20.8 Å². The van der Waals surface area contributed by atoms with E-state index >= 15 is 0 Å². The molecule has 2 fully saturated rings. The lowest BCUT2D eigenvalue weighted by Crippen LogP contribution is -2.58. The van der Waals surface area contributed by atoms with Gasteiger partial charge in [-0.25, -0.2) is 0 Å². The van der Waals surface area contributed by atoms with Crippen LogP contribution in [-0.4, -0.2) is 67.9 Å². The van der Waals surface area contributed by atoms with Gasteiger partial charge in [0.25, 0.3) is 0 Å². The highest BCUT2D eigenvalue weighted by molar-refractivity contribution is 5.66. The van der Waals surface area contributed by atoms with Crippen LogP contribution in [0.5, 0.6) is 0 Å². The molecule has 0 spiro atoms.